The molecule has 0 bridgehead atoms. The highest BCUT2D eigenvalue weighted by Crippen LogP contribution is 2.19. The maximum Gasteiger partial charge on any atom is 0.240 e. The van der Waals surface area contributed by atoms with Crippen molar-refractivity contribution in [2.45, 2.75) is 56.9 Å². The number of benzene rings is 1. The van der Waals surface area contributed by atoms with Gasteiger partial charge in [-0.25, -0.2) is 13.1 Å². The van der Waals surface area contributed by atoms with E-state index < -0.39 is 10.0 Å². The van der Waals surface area contributed by atoms with Gasteiger partial charge in [0.05, 0.1) is 4.90 Å². The van der Waals surface area contributed by atoms with E-state index in [4.69, 9.17) is 0 Å². The van der Waals surface area contributed by atoms with Gasteiger partial charge in [0.1, 0.15) is 0 Å². The molecule has 0 aliphatic heterocycles. The highest BCUT2D eigenvalue weighted by molar-refractivity contribution is 7.89. The first-order valence-corrected chi connectivity index (χ1v) is 9.30. The number of rotatable bonds is 10. The molecule has 0 saturated carbocycles. The van der Waals surface area contributed by atoms with Crippen LogP contribution >= 0.6 is 0 Å². The highest BCUT2D eigenvalue weighted by Gasteiger charge is 2.15. The monoisotopic (exact) mass is 312 g/mol. The second-order valence-corrected chi connectivity index (χ2v) is 7.05. The Balaban J connectivity index is 2.72. The third-order valence-electron chi connectivity index (χ3n) is 3.65. The normalized spacial score (nSPS) is 13.3. The van der Waals surface area contributed by atoms with Crippen molar-refractivity contribution in [3.05, 3.63) is 29.8 Å². The summed E-state index contributed by atoms with van der Waals surface area (Å²) in [5, 5.41) is 3.20. The Morgan fingerprint density at radius 1 is 1.14 bits per heavy atom. The molecule has 0 aliphatic rings. The van der Waals surface area contributed by atoms with Crippen molar-refractivity contribution in [1.29, 1.82) is 0 Å². The van der Waals surface area contributed by atoms with Crippen LogP contribution in [-0.2, 0) is 10.0 Å². The Labute approximate surface area is 129 Å². The van der Waals surface area contributed by atoms with Gasteiger partial charge < -0.3 is 5.32 Å². The predicted octanol–water partition coefficient (Wildman–Crippen LogP) is 3.22. The number of nitrogens with one attached hydrogen (secondary N) is 2. The van der Waals surface area contributed by atoms with Crippen molar-refractivity contribution in [3.8, 4) is 0 Å². The zero-order valence-corrected chi connectivity index (χ0v) is 14.2. The molecule has 0 aliphatic carbocycles. The number of unbranched alkanes of at least 4 members (excludes halogenated alkanes) is 3. The third-order valence-corrected chi connectivity index (χ3v) is 5.11. The van der Waals surface area contributed by atoms with Crippen LogP contribution < -0.4 is 10.0 Å². The Bertz CT molecular complexity index is 511. The Morgan fingerprint density at radius 2 is 1.90 bits per heavy atom. The molecule has 0 radical (unpaired) electrons. The highest BCUT2D eigenvalue weighted by atomic mass is 32.2. The molecule has 1 unspecified atom stereocenters. The van der Waals surface area contributed by atoms with Crippen LogP contribution in [0.5, 0.6) is 0 Å². The van der Waals surface area contributed by atoms with Crippen LogP contribution in [0.15, 0.2) is 29.2 Å². The molecule has 1 rings (SSSR count). The molecule has 0 fully saturated rings. The molecule has 1 aromatic rings. The summed E-state index contributed by atoms with van der Waals surface area (Å²) < 4.78 is 27.3. The molecule has 2 N–H and O–H groups in total. The van der Waals surface area contributed by atoms with Gasteiger partial charge in [-0.15, -0.1) is 0 Å². The first kappa shape index (κ1) is 18.1. The Morgan fingerprint density at radius 3 is 2.52 bits per heavy atom. The van der Waals surface area contributed by atoms with Crippen LogP contribution in [0.1, 0.15) is 57.6 Å². The number of hydrogen-bond acceptors (Lipinski definition) is 3. The summed E-state index contributed by atoms with van der Waals surface area (Å²) >= 11 is 0. The van der Waals surface area contributed by atoms with Gasteiger partial charge in [0, 0.05) is 12.6 Å². The summed E-state index contributed by atoms with van der Waals surface area (Å²) in [4.78, 5) is 0.351. The molecule has 0 heterocycles. The van der Waals surface area contributed by atoms with Crippen molar-refractivity contribution < 1.29 is 8.42 Å². The van der Waals surface area contributed by atoms with E-state index in [1.54, 1.807) is 18.2 Å². The third kappa shape index (κ3) is 5.77. The molecule has 1 aromatic carbocycles. The zero-order chi connectivity index (χ0) is 15.7. The molecule has 5 heteroatoms. The van der Waals surface area contributed by atoms with Gasteiger partial charge in [-0.3, -0.25) is 0 Å². The average molecular weight is 312 g/mol. The van der Waals surface area contributed by atoms with Gasteiger partial charge in [-0.2, -0.15) is 0 Å². The predicted molar refractivity (Wildman–Crippen MR) is 87.9 cm³/mol. The zero-order valence-electron chi connectivity index (χ0n) is 13.4. The van der Waals surface area contributed by atoms with Crippen LogP contribution in [0.4, 0.5) is 0 Å². The van der Waals surface area contributed by atoms with Crippen molar-refractivity contribution in [2.75, 3.05) is 13.6 Å². The summed E-state index contributed by atoms with van der Waals surface area (Å²) in [7, 11) is -1.51. The second kappa shape index (κ2) is 9.18. The van der Waals surface area contributed by atoms with E-state index in [1.807, 2.05) is 13.1 Å². The van der Waals surface area contributed by atoms with Gasteiger partial charge >= 0.3 is 0 Å². The second-order valence-electron chi connectivity index (χ2n) is 5.28. The molecule has 0 amide bonds. The summed E-state index contributed by atoms with van der Waals surface area (Å²) in [6.45, 7) is 4.73. The first-order chi connectivity index (χ1) is 10.0. The fourth-order valence-electron chi connectivity index (χ4n) is 2.35. The molecular weight excluding hydrogens is 284 g/mol. The number of sulfonamides is 1. The lowest BCUT2D eigenvalue weighted by Crippen LogP contribution is -2.25. The van der Waals surface area contributed by atoms with Gasteiger partial charge in [-0.1, -0.05) is 45.2 Å². The van der Waals surface area contributed by atoms with Crippen molar-refractivity contribution in [2.24, 2.45) is 0 Å². The Hall–Kier alpha value is -0.910. The minimum absolute atomic E-state index is 0.185. The Kier molecular flexibility index (Phi) is 7.93. The van der Waals surface area contributed by atoms with E-state index in [2.05, 4.69) is 23.9 Å². The van der Waals surface area contributed by atoms with Gasteiger partial charge in [-0.05, 0) is 37.6 Å². The van der Waals surface area contributed by atoms with E-state index >= 15 is 0 Å². The summed E-state index contributed by atoms with van der Waals surface area (Å²) in [6, 6.07) is 7.37. The molecule has 1 atom stereocenters. The molecule has 0 saturated heterocycles. The lowest BCUT2D eigenvalue weighted by Gasteiger charge is -2.15. The minimum atomic E-state index is -3.40. The SMILES string of the molecule is CCCCCCNS(=O)(=O)c1cccc(C(CC)NC)c1. The summed E-state index contributed by atoms with van der Waals surface area (Å²) in [6.07, 6.45) is 5.18. The van der Waals surface area contributed by atoms with Crippen molar-refractivity contribution in [3.63, 3.8) is 0 Å². The fourth-order valence-corrected chi connectivity index (χ4v) is 3.48. The van der Waals surface area contributed by atoms with Crippen LogP contribution in [-0.4, -0.2) is 22.0 Å². The molecular formula is C16H28N2O2S. The molecule has 21 heavy (non-hydrogen) atoms. The van der Waals surface area contributed by atoms with E-state index in [0.29, 0.717) is 11.4 Å². The molecule has 0 spiro atoms. The quantitative estimate of drug-likeness (QED) is 0.652. The standard InChI is InChI=1S/C16H28N2O2S/c1-4-6-7-8-12-18-21(19,20)15-11-9-10-14(13-15)16(5-2)17-3/h9-11,13,16-18H,4-8,12H2,1-3H3. The van der Waals surface area contributed by atoms with Crippen molar-refractivity contribution >= 4 is 10.0 Å². The smallest absolute Gasteiger partial charge is 0.240 e. The van der Waals surface area contributed by atoms with Gasteiger partial charge in [0.15, 0.2) is 0 Å². The lowest BCUT2D eigenvalue weighted by atomic mass is 10.1. The molecule has 120 valence electrons. The van der Waals surface area contributed by atoms with E-state index in [0.717, 1.165) is 37.7 Å². The van der Waals surface area contributed by atoms with Crippen LogP contribution in [0, 0.1) is 0 Å². The summed E-state index contributed by atoms with van der Waals surface area (Å²) in [5.41, 5.74) is 1.01. The van der Waals surface area contributed by atoms with Crippen LogP contribution in [0.25, 0.3) is 0 Å². The lowest BCUT2D eigenvalue weighted by molar-refractivity contribution is 0.567. The van der Waals surface area contributed by atoms with Crippen LogP contribution in [0.2, 0.25) is 0 Å². The van der Waals surface area contributed by atoms with E-state index in [9.17, 15) is 8.42 Å². The fraction of sp³-hybridized carbons (Fsp3) is 0.625. The van der Waals surface area contributed by atoms with Crippen molar-refractivity contribution in [1.82, 2.24) is 10.0 Å². The van der Waals surface area contributed by atoms with Gasteiger partial charge in [0.2, 0.25) is 10.0 Å². The maximum atomic E-state index is 12.3. The molecule has 0 aromatic heterocycles. The number of hydrogen-bond donors (Lipinski definition) is 2. The largest absolute Gasteiger partial charge is 0.313 e. The van der Waals surface area contributed by atoms with Crippen LogP contribution in [0.3, 0.4) is 0 Å². The average Bonchev–Trinajstić information content (AvgIpc) is 2.48. The molecule has 4 nitrogen and oxygen atoms in total. The summed E-state index contributed by atoms with van der Waals surface area (Å²) in [5.74, 6) is 0. The van der Waals surface area contributed by atoms with E-state index in [1.165, 1.54) is 0 Å². The maximum absolute atomic E-state index is 12.3. The van der Waals surface area contributed by atoms with Gasteiger partial charge in [0.25, 0.3) is 0 Å². The topological polar surface area (TPSA) is 58.2 Å². The first-order valence-electron chi connectivity index (χ1n) is 7.82. The van der Waals surface area contributed by atoms with E-state index in [-0.39, 0.29) is 6.04 Å². The minimum Gasteiger partial charge on any atom is -0.313 e.